The lowest BCUT2D eigenvalue weighted by Crippen LogP contribution is -2.51. The van der Waals surface area contributed by atoms with E-state index < -0.39 is 6.10 Å². The average molecular weight is 376 g/mol. The summed E-state index contributed by atoms with van der Waals surface area (Å²) in [6, 6.07) is 18.0. The molecule has 0 N–H and O–H groups in total. The van der Waals surface area contributed by atoms with E-state index in [1.54, 1.807) is 13.1 Å². The fourth-order valence-corrected chi connectivity index (χ4v) is 3.45. The molecule has 1 amide bonds. The van der Waals surface area contributed by atoms with Crippen LogP contribution in [-0.2, 0) is 11.3 Å². The molecule has 4 rings (SSSR count). The highest BCUT2D eigenvalue weighted by atomic mass is 16.5. The summed E-state index contributed by atoms with van der Waals surface area (Å²) >= 11 is 0. The van der Waals surface area contributed by atoms with Gasteiger partial charge in [0.2, 0.25) is 5.88 Å². The number of amides is 1. The number of aromatic nitrogens is 2. The highest BCUT2D eigenvalue weighted by Gasteiger charge is 2.26. The number of nitrogens with zero attached hydrogens (tertiary/aromatic N) is 4. The van der Waals surface area contributed by atoms with Gasteiger partial charge in [0.1, 0.15) is 0 Å². The van der Waals surface area contributed by atoms with Crippen molar-refractivity contribution in [3.05, 3.63) is 66.4 Å². The van der Waals surface area contributed by atoms with Crippen LogP contribution >= 0.6 is 0 Å². The van der Waals surface area contributed by atoms with Crippen LogP contribution in [0, 0.1) is 0 Å². The maximum Gasteiger partial charge on any atom is 0.263 e. The topological polar surface area (TPSA) is 58.6 Å². The number of hydrogen-bond donors (Lipinski definition) is 0. The lowest BCUT2D eigenvalue weighted by Gasteiger charge is -2.35. The van der Waals surface area contributed by atoms with Crippen molar-refractivity contribution in [1.82, 2.24) is 19.8 Å². The molecule has 3 aromatic rings. The summed E-state index contributed by atoms with van der Waals surface area (Å²) in [5.41, 5.74) is 2.87. The van der Waals surface area contributed by atoms with Crippen molar-refractivity contribution in [2.24, 2.45) is 0 Å². The van der Waals surface area contributed by atoms with Crippen molar-refractivity contribution in [2.75, 3.05) is 26.2 Å². The Hall–Kier alpha value is -2.99. The molecule has 0 spiro atoms. The summed E-state index contributed by atoms with van der Waals surface area (Å²) in [6.07, 6.45) is 0.986. The summed E-state index contributed by atoms with van der Waals surface area (Å²) in [5.74, 6) is 0.372. The SMILES string of the molecule is C[C@H](Oc1cnc2ccccc2n1)C(=O)N1CCN(Cc2ccccc2)CC1. The zero-order chi connectivity index (χ0) is 19.3. The van der Waals surface area contributed by atoms with Gasteiger partial charge in [-0.15, -0.1) is 0 Å². The van der Waals surface area contributed by atoms with E-state index in [9.17, 15) is 4.79 Å². The van der Waals surface area contributed by atoms with E-state index in [1.807, 2.05) is 35.2 Å². The molecule has 1 saturated heterocycles. The number of para-hydroxylation sites is 2. The van der Waals surface area contributed by atoms with E-state index in [-0.39, 0.29) is 5.91 Å². The number of rotatable bonds is 5. The van der Waals surface area contributed by atoms with Crippen molar-refractivity contribution in [3.8, 4) is 5.88 Å². The van der Waals surface area contributed by atoms with Crippen LogP contribution < -0.4 is 4.74 Å². The molecule has 1 atom stereocenters. The molecule has 1 aliphatic rings. The quantitative estimate of drug-likeness (QED) is 0.685. The minimum atomic E-state index is -0.587. The Morgan fingerprint density at radius 1 is 1.00 bits per heavy atom. The number of benzene rings is 2. The Balaban J connectivity index is 1.31. The molecule has 2 aromatic carbocycles. The molecule has 0 radical (unpaired) electrons. The van der Waals surface area contributed by atoms with Gasteiger partial charge in [0.05, 0.1) is 17.2 Å². The van der Waals surface area contributed by atoms with Crippen molar-refractivity contribution in [3.63, 3.8) is 0 Å². The molecule has 2 heterocycles. The minimum Gasteiger partial charge on any atom is -0.463 e. The van der Waals surface area contributed by atoms with E-state index >= 15 is 0 Å². The van der Waals surface area contributed by atoms with Gasteiger partial charge in [-0.2, -0.15) is 0 Å². The predicted molar refractivity (Wildman–Crippen MR) is 108 cm³/mol. The van der Waals surface area contributed by atoms with Crippen molar-refractivity contribution >= 4 is 16.9 Å². The van der Waals surface area contributed by atoms with Gasteiger partial charge in [-0.3, -0.25) is 9.69 Å². The zero-order valence-electron chi connectivity index (χ0n) is 16.0. The Bertz CT molecular complexity index is 939. The monoisotopic (exact) mass is 376 g/mol. The zero-order valence-corrected chi connectivity index (χ0v) is 16.0. The molecule has 0 unspecified atom stereocenters. The number of fused-ring (bicyclic) bond motifs is 1. The van der Waals surface area contributed by atoms with Gasteiger partial charge in [-0.1, -0.05) is 42.5 Å². The lowest BCUT2D eigenvalue weighted by molar-refractivity contribution is -0.139. The fourth-order valence-electron chi connectivity index (χ4n) is 3.45. The second-order valence-corrected chi connectivity index (χ2v) is 7.04. The molecule has 1 aliphatic heterocycles. The number of piperazine rings is 1. The van der Waals surface area contributed by atoms with Crippen molar-refractivity contribution in [2.45, 2.75) is 19.6 Å². The Kier molecular flexibility index (Phi) is 5.48. The first-order valence-corrected chi connectivity index (χ1v) is 9.62. The predicted octanol–water partition coefficient (Wildman–Crippen LogP) is 2.74. The van der Waals surface area contributed by atoms with Crippen LogP contribution in [0.3, 0.4) is 0 Å². The van der Waals surface area contributed by atoms with Crippen LogP contribution in [0.2, 0.25) is 0 Å². The van der Waals surface area contributed by atoms with E-state index in [4.69, 9.17) is 4.74 Å². The second kappa shape index (κ2) is 8.35. The molecule has 0 saturated carbocycles. The summed E-state index contributed by atoms with van der Waals surface area (Å²) in [5, 5.41) is 0. The first kappa shape index (κ1) is 18.4. The largest absolute Gasteiger partial charge is 0.463 e. The third-order valence-electron chi connectivity index (χ3n) is 5.00. The van der Waals surface area contributed by atoms with Gasteiger partial charge in [0.15, 0.2) is 6.10 Å². The number of carbonyl (C=O) groups excluding carboxylic acids is 1. The Labute approximate surface area is 164 Å². The second-order valence-electron chi connectivity index (χ2n) is 7.04. The summed E-state index contributed by atoms with van der Waals surface area (Å²) < 4.78 is 5.78. The van der Waals surface area contributed by atoms with Gasteiger partial charge >= 0.3 is 0 Å². The van der Waals surface area contributed by atoms with Crippen molar-refractivity contribution < 1.29 is 9.53 Å². The van der Waals surface area contributed by atoms with Crippen LogP contribution in [0.1, 0.15) is 12.5 Å². The molecule has 28 heavy (non-hydrogen) atoms. The smallest absolute Gasteiger partial charge is 0.263 e. The first-order valence-electron chi connectivity index (χ1n) is 9.62. The van der Waals surface area contributed by atoms with E-state index in [2.05, 4.69) is 39.1 Å². The molecular weight excluding hydrogens is 352 g/mol. The summed E-state index contributed by atoms with van der Waals surface area (Å²) in [7, 11) is 0. The normalized spacial score (nSPS) is 16.1. The van der Waals surface area contributed by atoms with Gasteiger partial charge < -0.3 is 9.64 Å². The van der Waals surface area contributed by atoms with E-state index in [1.165, 1.54) is 5.56 Å². The molecule has 0 bridgehead atoms. The van der Waals surface area contributed by atoms with E-state index in [0.29, 0.717) is 19.0 Å². The number of carbonyl (C=O) groups is 1. The molecular formula is C22H24N4O2. The lowest BCUT2D eigenvalue weighted by atomic mass is 10.2. The third kappa shape index (κ3) is 4.28. The number of hydrogen-bond acceptors (Lipinski definition) is 5. The van der Waals surface area contributed by atoms with Gasteiger partial charge in [0, 0.05) is 32.7 Å². The van der Waals surface area contributed by atoms with Gasteiger partial charge in [-0.25, -0.2) is 9.97 Å². The number of ether oxygens (including phenoxy) is 1. The summed E-state index contributed by atoms with van der Waals surface area (Å²) in [6.45, 7) is 5.84. The first-order chi connectivity index (χ1) is 13.7. The highest BCUT2D eigenvalue weighted by molar-refractivity contribution is 5.81. The highest BCUT2D eigenvalue weighted by Crippen LogP contribution is 2.16. The standard InChI is InChI=1S/C22H24N4O2/c1-17(28-21-15-23-19-9-5-6-10-20(19)24-21)22(27)26-13-11-25(12-14-26)16-18-7-3-2-4-8-18/h2-10,15,17H,11-14,16H2,1H3/t17-/m0/s1. The van der Waals surface area contributed by atoms with Crippen molar-refractivity contribution in [1.29, 1.82) is 0 Å². The minimum absolute atomic E-state index is 0.00526. The van der Waals surface area contributed by atoms with Crippen LogP contribution in [0.4, 0.5) is 0 Å². The van der Waals surface area contributed by atoms with Gasteiger partial charge in [-0.05, 0) is 24.6 Å². The Morgan fingerprint density at radius 2 is 1.68 bits per heavy atom. The van der Waals surface area contributed by atoms with Crippen LogP contribution in [0.5, 0.6) is 5.88 Å². The molecule has 6 heteroatoms. The molecule has 144 valence electrons. The van der Waals surface area contributed by atoms with Gasteiger partial charge in [0.25, 0.3) is 5.91 Å². The molecule has 6 nitrogen and oxygen atoms in total. The van der Waals surface area contributed by atoms with Crippen LogP contribution in [-0.4, -0.2) is 58.0 Å². The molecule has 1 fully saturated rings. The molecule has 1 aromatic heterocycles. The van der Waals surface area contributed by atoms with Crippen LogP contribution in [0.25, 0.3) is 11.0 Å². The maximum atomic E-state index is 12.8. The third-order valence-corrected chi connectivity index (χ3v) is 5.00. The molecule has 0 aliphatic carbocycles. The van der Waals surface area contributed by atoms with E-state index in [0.717, 1.165) is 30.7 Å². The maximum absolute atomic E-state index is 12.8. The average Bonchev–Trinajstić information content (AvgIpc) is 2.74. The van der Waals surface area contributed by atoms with Crippen LogP contribution in [0.15, 0.2) is 60.8 Å². The fraction of sp³-hybridized carbons (Fsp3) is 0.318. The Morgan fingerprint density at radius 3 is 2.43 bits per heavy atom. The summed E-state index contributed by atoms with van der Waals surface area (Å²) in [4.78, 5) is 25.8.